The molecule has 1 saturated heterocycles. The highest BCUT2D eigenvalue weighted by molar-refractivity contribution is 6.39. The summed E-state index contributed by atoms with van der Waals surface area (Å²) in [5, 5.41) is 4.52. The van der Waals surface area contributed by atoms with E-state index in [4.69, 9.17) is 23.2 Å². The van der Waals surface area contributed by atoms with Gasteiger partial charge in [-0.1, -0.05) is 30.1 Å². The molecule has 1 aromatic carbocycles. The summed E-state index contributed by atoms with van der Waals surface area (Å²) in [6.45, 7) is 8.17. The fourth-order valence-corrected chi connectivity index (χ4v) is 3.46. The highest BCUT2D eigenvalue weighted by atomic mass is 35.5. The maximum atomic E-state index is 12.2. The van der Waals surface area contributed by atoms with E-state index in [0.717, 1.165) is 44.0 Å². The molecule has 6 heteroatoms. The molecule has 22 heavy (non-hydrogen) atoms. The van der Waals surface area contributed by atoms with Gasteiger partial charge in [-0.3, -0.25) is 4.79 Å². The van der Waals surface area contributed by atoms with E-state index in [9.17, 15) is 4.79 Å². The van der Waals surface area contributed by atoms with Crippen molar-refractivity contribution < 1.29 is 4.79 Å². The Morgan fingerprint density at radius 2 is 1.82 bits per heavy atom. The first-order chi connectivity index (χ1) is 10.6. The molecule has 4 nitrogen and oxygen atoms in total. The van der Waals surface area contributed by atoms with E-state index in [1.54, 1.807) is 4.90 Å². The Labute approximate surface area is 142 Å². The van der Waals surface area contributed by atoms with Crippen molar-refractivity contribution in [2.24, 2.45) is 0 Å². The predicted octanol–water partition coefficient (Wildman–Crippen LogP) is 3.56. The van der Waals surface area contributed by atoms with Crippen LogP contribution in [0.15, 0.2) is 12.1 Å². The van der Waals surface area contributed by atoms with Gasteiger partial charge in [0.2, 0.25) is 5.91 Å². The van der Waals surface area contributed by atoms with Crippen LogP contribution in [0, 0.1) is 0 Å². The van der Waals surface area contributed by atoms with Gasteiger partial charge in [0, 0.05) is 44.8 Å². The van der Waals surface area contributed by atoms with Gasteiger partial charge in [-0.05, 0) is 25.5 Å². The van der Waals surface area contributed by atoms with Gasteiger partial charge in [-0.15, -0.1) is 0 Å². The first-order valence-electron chi connectivity index (χ1n) is 7.83. The first kappa shape index (κ1) is 17.4. The normalized spacial score (nSPS) is 15.0. The van der Waals surface area contributed by atoms with Gasteiger partial charge < -0.3 is 15.1 Å². The minimum Gasteiger partial charge on any atom is -0.367 e. The molecular weight excluding hydrogens is 321 g/mol. The van der Waals surface area contributed by atoms with E-state index >= 15 is 0 Å². The lowest BCUT2D eigenvalue weighted by Gasteiger charge is -2.31. The van der Waals surface area contributed by atoms with Crippen LogP contribution < -0.4 is 15.1 Å². The lowest BCUT2D eigenvalue weighted by molar-refractivity contribution is -0.118. The summed E-state index contributed by atoms with van der Waals surface area (Å²) < 4.78 is 0. The summed E-state index contributed by atoms with van der Waals surface area (Å²) in [6.07, 6.45) is 1.36. The number of piperazine rings is 1. The SMILES string of the molecule is CCCC(=O)N(CC)c1cc(Cl)c(N2CCNCC2)c(Cl)c1. The average Bonchev–Trinajstić information content (AvgIpc) is 2.48. The van der Waals surface area contributed by atoms with Gasteiger partial charge in [0.25, 0.3) is 0 Å². The molecule has 0 radical (unpaired) electrons. The number of carbonyl (C=O) groups excluding carboxylic acids is 1. The van der Waals surface area contributed by atoms with Gasteiger partial charge in [0.1, 0.15) is 0 Å². The molecule has 2 rings (SSSR count). The van der Waals surface area contributed by atoms with Crippen molar-refractivity contribution in [2.45, 2.75) is 26.7 Å². The Hall–Kier alpha value is -0.970. The summed E-state index contributed by atoms with van der Waals surface area (Å²) in [7, 11) is 0. The molecule has 1 fully saturated rings. The zero-order chi connectivity index (χ0) is 16.1. The maximum Gasteiger partial charge on any atom is 0.226 e. The van der Waals surface area contributed by atoms with E-state index in [1.165, 1.54) is 0 Å². The first-order valence-corrected chi connectivity index (χ1v) is 8.59. The lowest BCUT2D eigenvalue weighted by Crippen LogP contribution is -2.43. The van der Waals surface area contributed by atoms with Crippen molar-refractivity contribution >= 4 is 40.5 Å². The smallest absolute Gasteiger partial charge is 0.226 e. The largest absolute Gasteiger partial charge is 0.367 e. The Morgan fingerprint density at radius 1 is 1.23 bits per heavy atom. The van der Waals surface area contributed by atoms with E-state index in [2.05, 4.69) is 10.2 Å². The Kier molecular flexibility index (Phi) is 6.36. The fraction of sp³-hybridized carbons (Fsp3) is 0.562. The van der Waals surface area contributed by atoms with Gasteiger partial charge >= 0.3 is 0 Å². The second kappa shape index (κ2) is 8.04. The summed E-state index contributed by atoms with van der Waals surface area (Å²) in [5.41, 5.74) is 1.64. The van der Waals surface area contributed by atoms with Gasteiger partial charge in [0.05, 0.1) is 15.7 Å². The number of anilines is 2. The zero-order valence-electron chi connectivity index (χ0n) is 13.2. The molecule has 0 spiro atoms. The van der Waals surface area contributed by atoms with E-state index in [0.29, 0.717) is 23.0 Å². The van der Waals surface area contributed by atoms with Crippen LogP contribution in [0.4, 0.5) is 11.4 Å². The Balaban J connectivity index is 2.30. The van der Waals surface area contributed by atoms with Crippen molar-refractivity contribution in [1.29, 1.82) is 0 Å². The molecular formula is C16H23Cl2N3O. The zero-order valence-corrected chi connectivity index (χ0v) is 14.7. The van der Waals surface area contributed by atoms with Crippen LogP contribution in [0.5, 0.6) is 0 Å². The number of amides is 1. The minimum absolute atomic E-state index is 0.104. The number of hydrogen-bond donors (Lipinski definition) is 1. The van der Waals surface area contributed by atoms with Crippen molar-refractivity contribution in [3.05, 3.63) is 22.2 Å². The number of halogens is 2. The number of nitrogens with zero attached hydrogens (tertiary/aromatic N) is 2. The third-order valence-electron chi connectivity index (χ3n) is 3.83. The quantitative estimate of drug-likeness (QED) is 0.887. The molecule has 1 heterocycles. The lowest BCUT2D eigenvalue weighted by atomic mass is 10.2. The average molecular weight is 344 g/mol. The monoisotopic (exact) mass is 343 g/mol. The highest BCUT2D eigenvalue weighted by Gasteiger charge is 2.20. The predicted molar refractivity (Wildman–Crippen MR) is 94.5 cm³/mol. The molecule has 1 amide bonds. The standard InChI is InChI=1S/C16H23Cl2N3O/c1-3-5-15(22)21(4-2)12-10-13(17)16(14(18)11-12)20-8-6-19-7-9-20/h10-11,19H,3-9H2,1-2H3. The van der Waals surface area contributed by atoms with Crippen molar-refractivity contribution in [3.63, 3.8) is 0 Å². The fourth-order valence-electron chi connectivity index (χ4n) is 2.75. The minimum atomic E-state index is 0.104. The van der Waals surface area contributed by atoms with E-state index in [1.807, 2.05) is 26.0 Å². The second-order valence-corrected chi connectivity index (χ2v) is 6.20. The third-order valence-corrected chi connectivity index (χ3v) is 4.40. The van der Waals surface area contributed by atoms with Crippen LogP contribution >= 0.6 is 23.2 Å². The van der Waals surface area contributed by atoms with Crippen molar-refractivity contribution in [2.75, 3.05) is 42.5 Å². The molecule has 0 aromatic heterocycles. The molecule has 0 aliphatic carbocycles. The number of rotatable bonds is 5. The topological polar surface area (TPSA) is 35.6 Å². The van der Waals surface area contributed by atoms with Crippen LogP contribution in [0.2, 0.25) is 10.0 Å². The summed E-state index contributed by atoms with van der Waals surface area (Å²) in [5.74, 6) is 0.104. The van der Waals surface area contributed by atoms with E-state index in [-0.39, 0.29) is 5.91 Å². The van der Waals surface area contributed by atoms with Gasteiger partial charge in [-0.25, -0.2) is 0 Å². The molecule has 1 N–H and O–H groups in total. The third kappa shape index (κ3) is 3.86. The summed E-state index contributed by atoms with van der Waals surface area (Å²) in [4.78, 5) is 16.1. The van der Waals surface area contributed by atoms with Crippen LogP contribution in [0.1, 0.15) is 26.7 Å². The van der Waals surface area contributed by atoms with Crippen LogP contribution in [-0.4, -0.2) is 38.6 Å². The van der Waals surface area contributed by atoms with Crippen LogP contribution in [-0.2, 0) is 4.79 Å². The van der Waals surface area contributed by atoms with Gasteiger partial charge in [0.15, 0.2) is 0 Å². The molecule has 1 aliphatic heterocycles. The van der Waals surface area contributed by atoms with Crippen molar-refractivity contribution in [3.8, 4) is 0 Å². The summed E-state index contributed by atoms with van der Waals surface area (Å²) >= 11 is 12.9. The second-order valence-electron chi connectivity index (χ2n) is 5.38. The number of carbonyl (C=O) groups is 1. The molecule has 1 aromatic rings. The molecule has 0 bridgehead atoms. The highest BCUT2D eigenvalue weighted by Crippen LogP contribution is 2.38. The molecule has 0 atom stereocenters. The molecule has 0 unspecified atom stereocenters. The number of benzene rings is 1. The summed E-state index contributed by atoms with van der Waals surface area (Å²) in [6, 6.07) is 3.70. The van der Waals surface area contributed by atoms with Crippen LogP contribution in [0.3, 0.4) is 0 Å². The van der Waals surface area contributed by atoms with Gasteiger partial charge in [-0.2, -0.15) is 0 Å². The molecule has 122 valence electrons. The van der Waals surface area contributed by atoms with Crippen LogP contribution in [0.25, 0.3) is 0 Å². The van der Waals surface area contributed by atoms with Crippen molar-refractivity contribution in [1.82, 2.24) is 5.32 Å². The Bertz CT molecular complexity index is 507. The number of nitrogens with one attached hydrogen (secondary N) is 1. The maximum absolute atomic E-state index is 12.2. The number of hydrogen-bond acceptors (Lipinski definition) is 3. The van der Waals surface area contributed by atoms with E-state index < -0.39 is 0 Å². The molecule has 0 saturated carbocycles. The Morgan fingerprint density at radius 3 is 2.32 bits per heavy atom. The molecule has 1 aliphatic rings.